The van der Waals surface area contributed by atoms with E-state index in [4.69, 9.17) is 14.9 Å². The van der Waals surface area contributed by atoms with Gasteiger partial charge in [0.1, 0.15) is 13.2 Å². The minimum Gasteiger partial charge on any atom is -0.395 e. The molecular formula is C8H24N2O5P+. The molecule has 0 aromatic carbocycles. The third-order valence-corrected chi connectivity index (χ3v) is 1.90. The van der Waals surface area contributed by atoms with E-state index in [-0.39, 0.29) is 13.2 Å². The van der Waals surface area contributed by atoms with E-state index in [9.17, 15) is 4.57 Å². The lowest BCUT2D eigenvalue weighted by atomic mass is 10.5. The van der Waals surface area contributed by atoms with E-state index in [1.807, 2.05) is 21.1 Å². The van der Waals surface area contributed by atoms with Gasteiger partial charge in [-0.15, -0.1) is 0 Å². The molecule has 0 aliphatic rings. The first-order chi connectivity index (χ1) is 7.12. The molecule has 0 bridgehead atoms. The van der Waals surface area contributed by atoms with E-state index >= 15 is 0 Å². The lowest BCUT2D eigenvalue weighted by Crippen LogP contribution is -2.37. The molecule has 100 valence electrons. The molecule has 7 nitrogen and oxygen atoms in total. The van der Waals surface area contributed by atoms with Gasteiger partial charge in [-0.1, -0.05) is 0 Å². The Balaban J connectivity index is 0. The minimum atomic E-state index is -4.26. The van der Waals surface area contributed by atoms with Crippen LogP contribution in [-0.4, -0.2) is 73.9 Å². The van der Waals surface area contributed by atoms with Gasteiger partial charge >= 0.3 is 7.82 Å². The van der Waals surface area contributed by atoms with Crippen LogP contribution in [0.3, 0.4) is 0 Å². The van der Waals surface area contributed by atoms with Gasteiger partial charge in [-0.2, -0.15) is 0 Å². The molecule has 0 amide bonds. The fourth-order valence-electron chi connectivity index (χ4n) is 0.545. The molecule has 0 fully saturated rings. The predicted octanol–water partition coefficient (Wildman–Crippen LogP) is -1.000. The Bertz CT molecular complexity index is 199. The largest absolute Gasteiger partial charge is 0.469 e. The lowest BCUT2D eigenvalue weighted by Gasteiger charge is -2.23. The number of quaternary nitrogens is 1. The number of phosphoric acid groups is 1. The first kappa shape index (κ1) is 18.4. The van der Waals surface area contributed by atoms with Crippen LogP contribution in [0.4, 0.5) is 0 Å². The Morgan fingerprint density at radius 1 is 1.31 bits per heavy atom. The smallest absolute Gasteiger partial charge is 0.395 e. The highest BCUT2D eigenvalue weighted by Crippen LogP contribution is 2.35. The van der Waals surface area contributed by atoms with Crippen LogP contribution in [0, 0.1) is 0 Å². The number of nitrogens with zero attached hydrogens (tertiary/aromatic N) is 1. The van der Waals surface area contributed by atoms with Crippen molar-refractivity contribution in [1.29, 1.82) is 0 Å². The number of rotatable bonds is 6. The Labute approximate surface area is 96.9 Å². The normalized spacial score (nSPS) is 11.9. The highest BCUT2D eigenvalue weighted by atomic mass is 31.2. The van der Waals surface area contributed by atoms with Gasteiger partial charge in [-0.25, -0.2) is 4.57 Å². The van der Waals surface area contributed by atoms with Crippen molar-refractivity contribution in [1.82, 2.24) is 5.32 Å². The molecule has 0 rings (SSSR count). The predicted molar refractivity (Wildman–Crippen MR) is 61.9 cm³/mol. The van der Waals surface area contributed by atoms with Crippen molar-refractivity contribution in [2.24, 2.45) is 0 Å². The standard InChI is InChI=1S/C5H14NO4P.C3H9NO/c1-6(2,3)4-5-10-11(7,8)9;1-4-2-3-5/h4-5H2,1-3H3,(H-,7,8,9);4-5H,2-3H2,1H3/p+1. The zero-order valence-electron chi connectivity index (χ0n) is 10.4. The van der Waals surface area contributed by atoms with Gasteiger partial charge in [0.25, 0.3) is 0 Å². The number of phosphoric ester groups is 1. The molecule has 0 heterocycles. The average molecular weight is 259 g/mol. The van der Waals surface area contributed by atoms with E-state index in [0.717, 1.165) is 0 Å². The molecule has 0 saturated heterocycles. The zero-order valence-corrected chi connectivity index (χ0v) is 11.3. The van der Waals surface area contributed by atoms with Crippen molar-refractivity contribution in [3.05, 3.63) is 0 Å². The number of likely N-dealkylation sites (N-methyl/N-ethyl adjacent to an activating group) is 2. The quantitative estimate of drug-likeness (QED) is 0.361. The van der Waals surface area contributed by atoms with Crippen molar-refractivity contribution < 1.29 is 28.5 Å². The SMILES string of the molecule is CNCCO.C[N+](C)(C)CCOP(=O)(O)O. The maximum Gasteiger partial charge on any atom is 0.469 e. The molecular weight excluding hydrogens is 235 g/mol. The van der Waals surface area contributed by atoms with Crippen LogP contribution >= 0.6 is 7.82 Å². The maximum atomic E-state index is 10.2. The number of nitrogens with one attached hydrogen (secondary N) is 1. The van der Waals surface area contributed by atoms with Crippen LogP contribution in [-0.2, 0) is 9.09 Å². The van der Waals surface area contributed by atoms with Crippen LogP contribution in [0.2, 0.25) is 0 Å². The topological polar surface area (TPSA) is 99.0 Å². The highest BCUT2D eigenvalue weighted by molar-refractivity contribution is 7.46. The van der Waals surface area contributed by atoms with Crippen molar-refractivity contribution in [3.63, 3.8) is 0 Å². The van der Waals surface area contributed by atoms with Gasteiger partial charge < -0.3 is 24.7 Å². The van der Waals surface area contributed by atoms with Crippen molar-refractivity contribution in [3.8, 4) is 0 Å². The second kappa shape index (κ2) is 9.07. The summed E-state index contributed by atoms with van der Waals surface area (Å²) in [5.41, 5.74) is 0. The van der Waals surface area contributed by atoms with E-state index in [0.29, 0.717) is 17.6 Å². The minimum absolute atomic E-state index is 0.0772. The summed E-state index contributed by atoms with van der Waals surface area (Å²) >= 11 is 0. The number of hydrogen-bond acceptors (Lipinski definition) is 4. The van der Waals surface area contributed by atoms with E-state index < -0.39 is 7.82 Å². The van der Waals surface area contributed by atoms with E-state index in [1.165, 1.54) is 0 Å². The second-order valence-electron chi connectivity index (χ2n) is 4.16. The summed E-state index contributed by atoms with van der Waals surface area (Å²) in [7, 11) is 3.30. The first-order valence-corrected chi connectivity index (χ1v) is 6.41. The monoisotopic (exact) mass is 259 g/mol. The van der Waals surface area contributed by atoms with Crippen molar-refractivity contribution in [2.45, 2.75) is 0 Å². The summed E-state index contributed by atoms with van der Waals surface area (Å²) in [6.45, 7) is 1.58. The molecule has 0 aromatic heterocycles. The van der Waals surface area contributed by atoms with Gasteiger partial charge in [-0.05, 0) is 7.05 Å². The number of aliphatic hydroxyl groups excluding tert-OH is 1. The number of hydrogen-bond donors (Lipinski definition) is 4. The fraction of sp³-hybridized carbons (Fsp3) is 1.00. The highest BCUT2D eigenvalue weighted by Gasteiger charge is 2.15. The van der Waals surface area contributed by atoms with E-state index in [1.54, 1.807) is 7.05 Å². The molecule has 16 heavy (non-hydrogen) atoms. The molecule has 0 radical (unpaired) electrons. The Morgan fingerprint density at radius 3 is 2.00 bits per heavy atom. The average Bonchev–Trinajstić information content (AvgIpc) is 2.01. The summed E-state index contributed by atoms with van der Waals surface area (Å²) in [5, 5.41) is 10.8. The van der Waals surface area contributed by atoms with Crippen LogP contribution < -0.4 is 5.32 Å². The zero-order chi connectivity index (χ0) is 13.2. The van der Waals surface area contributed by atoms with E-state index in [2.05, 4.69) is 9.84 Å². The first-order valence-electron chi connectivity index (χ1n) is 4.88. The fourth-order valence-corrected chi connectivity index (χ4v) is 0.865. The van der Waals surface area contributed by atoms with Crippen LogP contribution in [0.25, 0.3) is 0 Å². The Kier molecular flexibility index (Phi) is 10.4. The van der Waals surface area contributed by atoms with Crippen LogP contribution in [0.15, 0.2) is 0 Å². The van der Waals surface area contributed by atoms with Gasteiger partial charge in [0.2, 0.25) is 0 Å². The summed E-state index contributed by atoms with van der Waals surface area (Å²) in [4.78, 5) is 16.6. The molecule has 4 N–H and O–H groups in total. The molecule has 0 aliphatic heterocycles. The van der Waals surface area contributed by atoms with Crippen LogP contribution in [0.1, 0.15) is 0 Å². The number of aliphatic hydroxyl groups is 1. The Hall–Kier alpha value is -0.0100. The van der Waals surface area contributed by atoms with Crippen molar-refractivity contribution >= 4 is 7.82 Å². The molecule has 0 spiro atoms. The third-order valence-electron chi connectivity index (χ3n) is 1.38. The maximum absolute atomic E-state index is 10.2. The lowest BCUT2D eigenvalue weighted by molar-refractivity contribution is -0.870. The van der Waals surface area contributed by atoms with Gasteiger partial charge in [0, 0.05) is 6.54 Å². The summed E-state index contributed by atoms with van der Waals surface area (Å²) < 4.78 is 15.1. The van der Waals surface area contributed by atoms with Crippen molar-refractivity contribution in [2.75, 3.05) is 54.5 Å². The summed E-state index contributed by atoms with van der Waals surface area (Å²) in [6.07, 6.45) is 0. The Morgan fingerprint density at radius 2 is 1.81 bits per heavy atom. The third kappa shape index (κ3) is 23.7. The second-order valence-corrected chi connectivity index (χ2v) is 5.40. The molecule has 0 saturated carbocycles. The summed E-state index contributed by atoms with van der Waals surface area (Å²) in [5.74, 6) is 0. The summed E-state index contributed by atoms with van der Waals surface area (Å²) in [6, 6.07) is 0. The van der Waals surface area contributed by atoms with Gasteiger partial charge in [-0.3, -0.25) is 4.52 Å². The molecule has 0 unspecified atom stereocenters. The van der Waals surface area contributed by atoms with Crippen LogP contribution in [0.5, 0.6) is 0 Å². The van der Waals surface area contributed by atoms with Gasteiger partial charge in [0.05, 0.1) is 27.7 Å². The molecule has 0 aliphatic carbocycles. The molecule has 8 heteroatoms. The molecule has 0 aromatic rings. The molecule has 0 atom stereocenters. The van der Waals surface area contributed by atoms with Gasteiger partial charge in [0.15, 0.2) is 0 Å².